The first-order chi connectivity index (χ1) is 7.58. The van der Waals surface area contributed by atoms with E-state index in [0.29, 0.717) is 0 Å². The second kappa shape index (κ2) is 3.85. The smallest absolute Gasteiger partial charge is 0.318 e. The number of nitrogens with zero attached hydrogens (tertiary/aromatic N) is 1. The molecule has 0 aliphatic rings. The van der Waals surface area contributed by atoms with Gasteiger partial charge >= 0.3 is 6.03 Å². The zero-order chi connectivity index (χ0) is 11.7. The number of amides is 2. The zero-order valence-electron chi connectivity index (χ0n) is 9.40. The number of rotatable bonds is 1. The Labute approximate surface area is 94.5 Å². The van der Waals surface area contributed by atoms with Gasteiger partial charge in [-0.3, -0.25) is 4.90 Å². The highest BCUT2D eigenvalue weighted by atomic mass is 16.2. The molecule has 3 nitrogen and oxygen atoms in total. The number of carbonyl (C=O) groups is 1. The van der Waals surface area contributed by atoms with E-state index in [1.807, 2.05) is 24.3 Å². The first-order valence-electron chi connectivity index (χ1n) is 5.11. The van der Waals surface area contributed by atoms with Crippen LogP contribution in [0, 0.1) is 6.92 Å². The van der Waals surface area contributed by atoms with Gasteiger partial charge in [0.25, 0.3) is 0 Å². The van der Waals surface area contributed by atoms with Crippen molar-refractivity contribution in [2.75, 3.05) is 11.9 Å². The van der Waals surface area contributed by atoms with Crippen molar-refractivity contribution >= 4 is 22.5 Å². The van der Waals surface area contributed by atoms with E-state index in [2.05, 4.69) is 19.1 Å². The molecular weight excluding hydrogens is 200 g/mol. The Bertz CT molecular complexity index is 549. The quantitative estimate of drug-likeness (QED) is 0.779. The van der Waals surface area contributed by atoms with Crippen molar-refractivity contribution in [3.63, 3.8) is 0 Å². The average molecular weight is 214 g/mol. The number of hydrogen-bond acceptors (Lipinski definition) is 1. The third-order valence-electron chi connectivity index (χ3n) is 2.70. The van der Waals surface area contributed by atoms with Crippen LogP contribution in [-0.4, -0.2) is 13.1 Å². The number of aryl methyl sites for hydroxylation is 1. The van der Waals surface area contributed by atoms with Gasteiger partial charge < -0.3 is 5.73 Å². The molecule has 0 aliphatic heterocycles. The third-order valence-corrected chi connectivity index (χ3v) is 2.70. The SMILES string of the molecule is Cc1ccc2cc(N(C)C(N)=O)ccc2c1. The number of fused-ring (bicyclic) bond motifs is 1. The van der Waals surface area contributed by atoms with Gasteiger partial charge in [0.1, 0.15) is 0 Å². The highest BCUT2D eigenvalue weighted by molar-refractivity contribution is 5.94. The van der Waals surface area contributed by atoms with Crippen molar-refractivity contribution in [3.8, 4) is 0 Å². The summed E-state index contributed by atoms with van der Waals surface area (Å²) in [5, 5.41) is 2.28. The second-order valence-corrected chi connectivity index (χ2v) is 3.93. The average Bonchev–Trinajstić information content (AvgIpc) is 2.27. The minimum absolute atomic E-state index is 0.452. The molecule has 2 aromatic rings. The van der Waals surface area contributed by atoms with Crippen molar-refractivity contribution in [1.29, 1.82) is 0 Å². The lowest BCUT2D eigenvalue weighted by Crippen LogP contribution is -2.31. The van der Waals surface area contributed by atoms with Crippen LogP contribution in [0.1, 0.15) is 5.56 Å². The largest absolute Gasteiger partial charge is 0.351 e. The molecule has 3 heteroatoms. The molecule has 2 rings (SSSR count). The van der Waals surface area contributed by atoms with E-state index in [4.69, 9.17) is 5.73 Å². The molecule has 0 saturated carbocycles. The topological polar surface area (TPSA) is 46.3 Å². The molecule has 2 amide bonds. The molecule has 16 heavy (non-hydrogen) atoms. The molecule has 0 heterocycles. The molecule has 2 N–H and O–H groups in total. The molecule has 0 aromatic heterocycles. The number of hydrogen-bond donors (Lipinski definition) is 1. The molecular formula is C13H14N2O. The van der Waals surface area contributed by atoms with Crippen LogP contribution in [0.4, 0.5) is 10.5 Å². The summed E-state index contributed by atoms with van der Waals surface area (Å²) in [6.45, 7) is 2.06. The molecule has 2 aromatic carbocycles. The van der Waals surface area contributed by atoms with Gasteiger partial charge in [0.05, 0.1) is 0 Å². The predicted octanol–water partition coefficient (Wildman–Crippen LogP) is 2.66. The summed E-state index contributed by atoms with van der Waals surface area (Å²) >= 11 is 0. The molecule has 0 atom stereocenters. The zero-order valence-corrected chi connectivity index (χ0v) is 9.40. The molecule has 0 aliphatic carbocycles. The van der Waals surface area contributed by atoms with Gasteiger partial charge in [0.2, 0.25) is 0 Å². The van der Waals surface area contributed by atoms with Gasteiger partial charge in [-0.05, 0) is 29.8 Å². The number of nitrogens with two attached hydrogens (primary N) is 1. The number of carbonyl (C=O) groups excluding carboxylic acids is 1. The summed E-state index contributed by atoms with van der Waals surface area (Å²) in [5.74, 6) is 0. The summed E-state index contributed by atoms with van der Waals surface area (Å²) in [5.41, 5.74) is 7.26. The number of benzene rings is 2. The van der Waals surface area contributed by atoms with Crippen LogP contribution in [0.25, 0.3) is 10.8 Å². The van der Waals surface area contributed by atoms with E-state index in [1.54, 1.807) is 7.05 Å². The second-order valence-electron chi connectivity index (χ2n) is 3.93. The van der Waals surface area contributed by atoms with Crippen LogP contribution in [-0.2, 0) is 0 Å². The van der Waals surface area contributed by atoms with Gasteiger partial charge in [-0.1, -0.05) is 29.8 Å². The van der Waals surface area contributed by atoms with Crippen LogP contribution in [0.15, 0.2) is 36.4 Å². The Morgan fingerprint density at radius 2 is 1.75 bits per heavy atom. The first-order valence-corrected chi connectivity index (χ1v) is 5.11. The molecule has 82 valence electrons. The Morgan fingerprint density at radius 3 is 2.44 bits per heavy atom. The number of primary amides is 1. The first kappa shape index (κ1) is 10.5. The van der Waals surface area contributed by atoms with Crippen LogP contribution in [0.3, 0.4) is 0 Å². The van der Waals surface area contributed by atoms with E-state index in [1.165, 1.54) is 15.8 Å². The van der Waals surface area contributed by atoms with Crippen molar-refractivity contribution in [2.45, 2.75) is 6.92 Å². The summed E-state index contributed by atoms with van der Waals surface area (Å²) in [6.07, 6.45) is 0. The van der Waals surface area contributed by atoms with Gasteiger partial charge in [-0.15, -0.1) is 0 Å². The highest BCUT2D eigenvalue weighted by Gasteiger charge is 2.06. The lowest BCUT2D eigenvalue weighted by molar-refractivity contribution is 0.255. The highest BCUT2D eigenvalue weighted by Crippen LogP contribution is 2.22. The van der Waals surface area contributed by atoms with Crippen LogP contribution >= 0.6 is 0 Å². The van der Waals surface area contributed by atoms with Gasteiger partial charge in [0.15, 0.2) is 0 Å². The van der Waals surface area contributed by atoms with Crippen molar-refractivity contribution < 1.29 is 4.79 Å². The molecule has 0 spiro atoms. The minimum atomic E-state index is -0.452. The Morgan fingerprint density at radius 1 is 1.12 bits per heavy atom. The van der Waals surface area contributed by atoms with Gasteiger partial charge in [-0.2, -0.15) is 0 Å². The van der Waals surface area contributed by atoms with Crippen LogP contribution < -0.4 is 10.6 Å². The third kappa shape index (κ3) is 1.84. The lowest BCUT2D eigenvalue weighted by atomic mass is 10.1. The van der Waals surface area contributed by atoms with Gasteiger partial charge in [-0.25, -0.2) is 4.79 Å². The van der Waals surface area contributed by atoms with Gasteiger partial charge in [0, 0.05) is 12.7 Å². The van der Waals surface area contributed by atoms with E-state index in [0.717, 1.165) is 11.1 Å². The van der Waals surface area contributed by atoms with E-state index in [-0.39, 0.29) is 0 Å². The monoisotopic (exact) mass is 214 g/mol. The maximum atomic E-state index is 11.0. The van der Waals surface area contributed by atoms with E-state index < -0.39 is 6.03 Å². The maximum absolute atomic E-state index is 11.0. The van der Waals surface area contributed by atoms with Crippen LogP contribution in [0.5, 0.6) is 0 Å². The van der Waals surface area contributed by atoms with Crippen molar-refractivity contribution in [1.82, 2.24) is 0 Å². The molecule has 0 saturated heterocycles. The molecule has 0 bridgehead atoms. The van der Waals surface area contributed by atoms with E-state index >= 15 is 0 Å². The maximum Gasteiger partial charge on any atom is 0.318 e. The predicted molar refractivity (Wildman–Crippen MR) is 66.7 cm³/mol. The Hall–Kier alpha value is -2.03. The normalized spacial score (nSPS) is 10.4. The molecule has 0 unspecified atom stereocenters. The van der Waals surface area contributed by atoms with Crippen molar-refractivity contribution in [2.24, 2.45) is 5.73 Å². The molecule has 0 fully saturated rings. The summed E-state index contributed by atoms with van der Waals surface area (Å²) in [7, 11) is 1.66. The number of urea groups is 1. The Kier molecular flexibility index (Phi) is 2.52. The van der Waals surface area contributed by atoms with Crippen molar-refractivity contribution in [3.05, 3.63) is 42.0 Å². The van der Waals surface area contributed by atoms with Crippen LogP contribution in [0.2, 0.25) is 0 Å². The number of anilines is 1. The minimum Gasteiger partial charge on any atom is -0.351 e. The fraction of sp³-hybridized carbons (Fsp3) is 0.154. The summed E-state index contributed by atoms with van der Waals surface area (Å²) in [4.78, 5) is 12.5. The summed E-state index contributed by atoms with van der Waals surface area (Å²) < 4.78 is 0. The molecule has 0 radical (unpaired) electrons. The summed E-state index contributed by atoms with van der Waals surface area (Å²) in [6, 6.07) is 11.6. The standard InChI is InChI=1S/C13H14N2O/c1-9-3-4-11-8-12(15(2)13(14)16)6-5-10(11)7-9/h3-8H,1-2H3,(H2,14,16). The lowest BCUT2D eigenvalue weighted by Gasteiger charge is -2.14. The fourth-order valence-electron chi connectivity index (χ4n) is 1.69. The van der Waals surface area contributed by atoms with E-state index in [9.17, 15) is 4.79 Å². The Balaban J connectivity index is 2.52. The fourth-order valence-corrected chi connectivity index (χ4v) is 1.69.